The SMILES string of the molecule is C[C@H](NC(=O)c1ccc(N(C)S(=O)(=O)c2cccs2)cc1)c1ccc2c(c1)CCCC2. The Morgan fingerprint density at radius 2 is 1.74 bits per heavy atom. The number of amides is 1. The molecule has 1 N–H and O–H groups in total. The van der Waals surface area contributed by atoms with Crippen LogP contribution in [0.1, 0.15) is 52.9 Å². The van der Waals surface area contributed by atoms with E-state index in [9.17, 15) is 13.2 Å². The molecule has 2 aromatic carbocycles. The maximum Gasteiger partial charge on any atom is 0.273 e. The summed E-state index contributed by atoms with van der Waals surface area (Å²) in [5, 5.41) is 4.79. The van der Waals surface area contributed by atoms with Gasteiger partial charge in [-0.2, -0.15) is 0 Å². The van der Waals surface area contributed by atoms with E-state index in [1.54, 1.807) is 41.8 Å². The van der Waals surface area contributed by atoms with Crippen LogP contribution in [0.4, 0.5) is 5.69 Å². The second kappa shape index (κ2) is 8.85. The van der Waals surface area contributed by atoms with Crippen molar-refractivity contribution in [1.82, 2.24) is 5.32 Å². The van der Waals surface area contributed by atoms with Crippen LogP contribution in [-0.2, 0) is 22.9 Å². The Balaban J connectivity index is 1.45. The average Bonchev–Trinajstić information content (AvgIpc) is 3.34. The third kappa shape index (κ3) is 4.52. The molecular formula is C24H26N2O3S2. The maximum absolute atomic E-state index is 12.7. The number of nitrogens with zero attached hydrogens (tertiary/aromatic N) is 1. The van der Waals surface area contributed by atoms with E-state index in [-0.39, 0.29) is 16.2 Å². The molecule has 0 fully saturated rings. The lowest BCUT2D eigenvalue weighted by Crippen LogP contribution is -2.27. The number of rotatable bonds is 6. The fraction of sp³-hybridized carbons (Fsp3) is 0.292. The molecule has 3 aromatic rings. The maximum atomic E-state index is 12.7. The van der Waals surface area contributed by atoms with Gasteiger partial charge in [0.2, 0.25) is 0 Å². The summed E-state index contributed by atoms with van der Waals surface area (Å²) in [5.74, 6) is -0.180. The summed E-state index contributed by atoms with van der Waals surface area (Å²) in [6.07, 6.45) is 4.71. The van der Waals surface area contributed by atoms with Gasteiger partial charge in [0.05, 0.1) is 11.7 Å². The molecule has 0 spiro atoms. The van der Waals surface area contributed by atoms with Crippen LogP contribution in [-0.4, -0.2) is 21.4 Å². The topological polar surface area (TPSA) is 66.5 Å². The second-order valence-corrected chi connectivity index (χ2v) is 11.0. The van der Waals surface area contributed by atoms with Gasteiger partial charge in [-0.05, 0) is 85.0 Å². The van der Waals surface area contributed by atoms with Gasteiger partial charge in [0.1, 0.15) is 4.21 Å². The van der Waals surface area contributed by atoms with Crippen molar-refractivity contribution in [3.8, 4) is 0 Å². The molecule has 1 amide bonds. The number of carbonyl (C=O) groups is 1. The van der Waals surface area contributed by atoms with Crippen LogP contribution in [0.25, 0.3) is 0 Å². The van der Waals surface area contributed by atoms with Gasteiger partial charge in [-0.1, -0.05) is 24.3 Å². The zero-order valence-electron chi connectivity index (χ0n) is 17.7. The smallest absolute Gasteiger partial charge is 0.273 e. The number of hydrogen-bond acceptors (Lipinski definition) is 4. The molecule has 0 saturated heterocycles. The lowest BCUT2D eigenvalue weighted by Gasteiger charge is -2.20. The molecule has 0 unspecified atom stereocenters. The van der Waals surface area contributed by atoms with Crippen molar-refractivity contribution in [3.63, 3.8) is 0 Å². The van der Waals surface area contributed by atoms with Crippen molar-refractivity contribution < 1.29 is 13.2 Å². The van der Waals surface area contributed by atoms with E-state index in [1.807, 2.05) is 6.92 Å². The largest absolute Gasteiger partial charge is 0.346 e. The number of nitrogens with one attached hydrogen (secondary N) is 1. The highest BCUT2D eigenvalue weighted by Gasteiger charge is 2.22. The summed E-state index contributed by atoms with van der Waals surface area (Å²) in [6, 6.07) is 16.3. The van der Waals surface area contributed by atoms with Crippen LogP contribution < -0.4 is 9.62 Å². The number of benzene rings is 2. The Hall–Kier alpha value is -2.64. The van der Waals surface area contributed by atoms with Crippen LogP contribution in [0, 0.1) is 0 Å². The predicted octanol–water partition coefficient (Wildman–Crippen LogP) is 4.94. The molecule has 0 saturated carbocycles. The molecule has 0 aliphatic heterocycles. The lowest BCUT2D eigenvalue weighted by atomic mass is 9.89. The molecule has 1 aromatic heterocycles. The Morgan fingerprint density at radius 3 is 2.42 bits per heavy atom. The zero-order valence-corrected chi connectivity index (χ0v) is 19.3. The van der Waals surface area contributed by atoms with Gasteiger partial charge < -0.3 is 5.32 Å². The molecule has 7 heteroatoms. The number of fused-ring (bicyclic) bond motifs is 1. The molecule has 1 aliphatic rings. The number of anilines is 1. The fourth-order valence-corrected chi connectivity index (χ4v) is 6.25. The Labute approximate surface area is 187 Å². The second-order valence-electron chi connectivity index (χ2n) is 7.88. The molecule has 1 atom stereocenters. The highest BCUT2D eigenvalue weighted by molar-refractivity contribution is 7.94. The summed E-state index contributed by atoms with van der Waals surface area (Å²) >= 11 is 1.18. The number of hydrogen-bond donors (Lipinski definition) is 1. The van der Waals surface area contributed by atoms with Gasteiger partial charge in [0.15, 0.2) is 0 Å². The third-order valence-corrected chi connectivity index (χ3v) is 8.98. The number of carbonyl (C=O) groups excluding carboxylic acids is 1. The van der Waals surface area contributed by atoms with Gasteiger partial charge in [-0.25, -0.2) is 8.42 Å². The Bertz CT molecular complexity index is 1170. The van der Waals surface area contributed by atoms with Crippen molar-refractivity contribution in [3.05, 3.63) is 82.2 Å². The van der Waals surface area contributed by atoms with E-state index < -0.39 is 10.0 Å². The third-order valence-electron chi connectivity index (χ3n) is 5.82. The summed E-state index contributed by atoms with van der Waals surface area (Å²) < 4.78 is 26.9. The van der Waals surface area contributed by atoms with E-state index in [0.29, 0.717) is 11.3 Å². The molecular weight excluding hydrogens is 428 g/mol. The molecule has 162 valence electrons. The fourth-order valence-electron chi connectivity index (χ4n) is 3.89. The number of thiophene rings is 1. The summed E-state index contributed by atoms with van der Waals surface area (Å²) in [7, 11) is -2.08. The minimum atomic E-state index is -3.59. The molecule has 31 heavy (non-hydrogen) atoms. The highest BCUT2D eigenvalue weighted by Crippen LogP contribution is 2.27. The predicted molar refractivity (Wildman–Crippen MR) is 125 cm³/mol. The first kappa shape index (κ1) is 21.6. The van der Waals surface area contributed by atoms with Crippen molar-refractivity contribution in [1.29, 1.82) is 0 Å². The molecule has 1 heterocycles. The van der Waals surface area contributed by atoms with Gasteiger partial charge in [0.25, 0.3) is 15.9 Å². The van der Waals surface area contributed by atoms with Crippen LogP contribution in [0.15, 0.2) is 64.2 Å². The van der Waals surface area contributed by atoms with Crippen molar-refractivity contribution in [2.24, 2.45) is 0 Å². The summed E-state index contributed by atoms with van der Waals surface area (Å²) in [6.45, 7) is 1.98. The monoisotopic (exact) mass is 454 g/mol. The molecule has 0 radical (unpaired) electrons. The van der Waals surface area contributed by atoms with Gasteiger partial charge >= 0.3 is 0 Å². The van der Waals surface area contributed by atoms with Gasteiger partial charge in [-0.15, -0.1) is 11.3 Å². The molecule has 1 aliphatic carbocycles. The molecule has 5 nitrogen and oxygen atoms in total. The van der Waals surface area contributed by atoms with Gasteiger partial charge in [0, 0.05) is 12.6 Å². The van der Waals surface area contributed by atoms with E-state index in [4.69, 9.17) is 0 Å². The average molecular weight is 455 g/mol. The van der Waals surface area contributed by atoms with Crippen LogP contribution in [0.5, 0.6) is 0 Å². The van der Waals surface area contributed by atoms with Crippen LogP contribution >= 0.6 is 11.3 Å². The zero-order chi connectivity index (χ0) is 22.0. The normalized spacial score (nSPS) is 14.5. The highest BCUT2D eigenvalue weighted by atomic mass is 32.2. The summed E-state index contributed by atoms with van der Waals surface area (Å²) in [4.78, 5) is 12.7. The minimum absolute atomic E-state index is 0.110. The van der Waals surface area contributed by atoms with E-state index in [0.717, 1.165) is 18.4 Å². The van der Waals surface area contributed by atoms with Crippen molar-refractivity contribution >= 4 is 33.0 Å². The number of sulfonamides is 1. The first-order chi connectivity index (χ1) is 14.9. The first-order valence-electron chi connectivity index (χ1n) is 10.4. The van der Waals surface area contributed by atoms with Crippen LogP contribution in [0.3, 0.4) is 0 Å². The lowest BCUT2D eigenvalue weighted by molar-refractivity contribution is 0.0940. The molecule has 0 bridgehead atoms. The van der Waals surface area contributed by atoms with E-state index >= 15 is 0 Å². The quantitative estimate of drug-likeness (QED) is 0.573. The van der Waals surface area contributed by atoms with Crippen molar-refractivity contribution in [2.45, 2.75) is 42.9 Å². The van der Waals surface area contributed by atoms with E-state index in [1.165, 1.54) is 46.7 Å². The number of aryl methyl sites for hydroxylation is 2. The summed E-state index contributed by atoms with van der Waals surface area (Å²) in [5.41, 5.74) is 4.92. The van der Waals surface area contributed by atoms with Crippen LogP contribution in [0.2, 0.25) is 0 Å². The molecule has 4 rings (SSSR count). The Kier molecular flexibility index (Phi) is 6.16. The van der Waals surface area contributed by atoms with Gasteiger partial charge in [-0.3, -0.25) is 9.10 Å². The van der Waals surface area contributed by atoms with Crippen molar-refractivity contribution in [2.75, 3.05) is 11.4 Å². The van der Waals surface area contributed by atoms with E-state index in [2.05, 4.69) is 23.5 Å². The standard InChI is InChI=1S/C24H26N2O3S2/c1-17(20-10-9-18-6-3-4-7-21(18)16-20)25-24(27)19-11-13-22(14-12-19)26(2)31(28,29)23-8-5-15-30-23/h5,8-17H,3-4,6-7H2,1-2H3,(H,25,27)/t17-/m0/s1. The first-order valence-corrected chi connectivity index (χ1v) is 12.7. The minimum Gasteiger partial charge on any atom is -0.346 e. The Morgan fingerprint density at radius 1 is 1.03 bits per heavy atom.